The summed E-state index contributed by atoms with van der Waals surface area (Å²) in [6.45, 7) is 2.20. The Morgan fingerprint density at radius 1 is 1.21 bits per heavy atom. The van der Waals surface area contributed by atoms with E-state index in [4.69, 9.17) is 0 Å². The molecule has 5 nitrogen and oxygen atoms in total. The van der Waals surface area contributed by atoms with Crippen molar-refractivity contribution < 1.29 is 4.79 Å². The molecule has 28 heavy (non-hydrogen) atoms. The number of hydrogen-bond donors (Lipinski definition) is 2. The van der Waals surface area contributed by atoms with Crippen molar-refractivity contribution in [3.63, 3.8) is 0 Å². The average Bonchev–Trinajstić information content (AvgIpc) is 2.65. The Bertz CT molecular complexity index is 934. The first kappa shape index (κ1) is 18.2. The number of nitrogens with one attached hydrogen (secondary N) is 2. The van der Waals surface area contributed by atoms with Gasteiger partial charge < -0.3 is 10.3 Å². The Morgan fingerprint density at radius 3 is 2.54 bits per heavy atom. The van der Waals surface area contributed by atoms with Crippen LogP contribution in [0.4, 0.5) is 0 Å². The van der Waals surface area contributed by atoms with Crippen LogP contribution in [0.2, 0.25) is 0 Å². The Balaban J connectivity index is 1.23. The van der Waals surface area contributed by atoms with E-state index in [2.05, 4.69) is 22.2 Å². The van der Waals surface area contributed by atoms with Crippen LogP contribution in [0.25, 0.3) is 10.9 Å². The smallest absolute Gasteiger partial charge is 0.259 e. The maximum absolute atomic E-state index is 12.6. The van der Waals surface area contributed by atoms with E-state index in [9.17, 15) is 9.59 Å². The van der Waals surface area contributed by atoms with Gasteiger partial charge in [-0.3, -0.25) is 9.59 Å². The zero-order chi connectivity index (χ0) is 19.3. The van der Waals surface area contributed by atoms with Crippen LogP contribution in [0, 0.1) is 23.2 Å². The lowest BCUT2D eigenvalue weighted by Crippen LogP contribution is -2.56. The molecule has 148 valence electrons. The lowest BCUT2D eigenvalue weighted by atomic mass is 9.48. The fourth-order valence-electron chi connectivity index (χ4n) is 6.41. The van der Waals surface area contributed by atoms with E-state index in [-0.39, 0.29) is 23.3 Å². The molecule has 2 aromatic rings. The predicted octanol–water partition coefficient (Wildman–Crippen LogP) is 3.74. The molecule has 1 atom stereocenters. The molecule has 1 heterocycles. The van der Waals surface area contributed by atoms with E-state index in [1.165, 1.54) is 50.3 Å². The summed E-state index contributed by atoms with van der Waals surface area (Å²) in [4.78, 5) is 32.0. The van der Waals surface area contributed by atoms with Crippen LogP contribution in [0.3, 0.4) is 0 Å². The van der Waals surface area contributed by atoms with Crippen molar-refractivity contribution in [1.82, 2.24) is 15.3 Å². The van der Waals surface area contributed by atoms with Gasteiger partial charge in [0.25, 0.3) is 5.56 Å². The second-order valence-electron chi connectivity index (χ2n) is 9.25. The molecule has 6 heteroatoms. The van der Waals surface area contributed by atoms with Crippen LogP contribution >= 0.6 is 11.8 Å². The second-order valence-corrected chi connectivity index (χ2v) is 10.2. The summed E-state index contributed by atoms with van der Waals surface area (Å²) < 4.78 is 0. The molecule has 1 aromatic heterocycles. The molecule has 2 N–H and O–H groups in total. The number of H-pyrrole nitrogens is 1. The minimum absolute atomic E-state index is 0.0315. The third-order valence-electron chi connectivity index (χ3n) is 7.31. The number of aromatic amines is 1. The number of fused-ring (bicyclic) bond motifs is 1. The van der Waals surface area contributed by atoms with E-state index in [0.29, 0.717) is 21.5 Å². The highest BCUT2D eigenvalue weighted by molar-refractivity contribution is 7.99. The zero-order valence-electron chi connectivity index (χ0n) is 16.2. The first-order valence-corrected chi connectivity index (χ1v) is 11.4. The Hall–Kier alpha value is -1.82. The molecule has 4 aliphatic carbocycles. The van der Waals surface area contributed by atoms with E-state index < -0.39 is 0 Å². The highest BCUT2D eigenvalue weighted by Gasteiger charge is 2.53. The summed E-state index contributed by atoms with van der Waals surface area (Å²) in [5, 5.41) is 4.36. The monoisotopic (exact) mass is 397 g/mol. The van der Waals surface area contributed by atoms with Crippen molar-refractivity contribution in [3.05, 3.63) is 34.6 Å². The summed E-state index contributed by atoms with van der Waals surface area (Å²) in [6.07, 6.45) is 8.09. The topological polar surface area (TPSA) is 74.8 Å². The van der Waals surface area contributed by atoms with Gasteiger partial charge in [0.05, 0.1) is 16.7 Å². The maximum Gasteiger partial charge on any atom is 0.259 e. The second kappa shape index (κ2) is 6.90. The van der Waals surface area contributed by atoms with Gasteiger partial charge in [-0.15, -0.1) is 0 Å². The van der Waals surface area contributed by atoms with Gasteiger partial charge in [-0.05, 0) is 80.8 Å². The molecule has 1 unspecified atom stereocenters. The summed E-state index contributed by atoms with van der Waals surface area (Å²) >= 11 is 1.30. The van der Waals surface area contributed by atoms with Gasteiger partial charge in [-0.2, -0.15) is 0 Å². The molecule has 0 radical (unpaired) electrons. The summed E-state index contributed by atoms with van der Waals surface area (Å²) in [7, 11) is 0. The lowest BCUT2D eigenvalue weighted by Gasteiger charge is -2.59. The number of carbonyl (C=O) groups is 1. The number of para-hydroxylation sites is 1. The number of amides is 1. The first-order valence-electron chi connectivity index (χ1n) is 10.4. The van der Waals surface area contributed by atoms with Gasteiger partial charge >= 0.3 is 0 Å². The van der Waals surface area contributed by atoms with Crippen LogP contribution < -0.4 is 10.9 Å². The van der Waals surface area contributed by atoms with E-state index in [1.54, 1.807) is 6.07 Å². The van der Waals surface area contributed by atoms with Gasteiger partial charge in [0, 0.05) is 6.04 Å². The molecule has 1 amide bonds. The standard InChI is InChI=1S/C22H27N3O2S/c1-13(22-9-14-6-15(10-22)8-16(7-14)11-22)23-19(26)12-28-21-24-18-5-3-2-4-17(18)20(27)25-21/h2-5,13-16H,6-12H2,1H3,(H,23,26)(H,24,25,27). The number of thioether (sulfide) groups is 1. The quantitative estimate of drug-likeness (QED) is 0.595. The highest BCUT2D eigenvalue weighted by atomic mass is 32.2. The van der Waals surface area contributed by atoms with Crippen LogP contribution in [-0.2, 0) is 4.79 Å². The Morgan fingerprint density at radius 2 is 1.86 bits per heavy atom. The number of rotatable bonds is 5. The molecule has 4 aliphatic rings. The maximum atomic E-state index is 12.6. The molecule has 4 bridgehead atoms. The van der Waals surface area contributed by atoms with Crippen molar-refractivity contribution >= 4 is 28.6 Å². The van der Waals surface area contributed by atoms with E-state index in [1.807, 2.05) is 18.2 Å². The Kier molecular flexibility index (Phi) is 4.49. The molecule has 0 spiro atoms. The van der Waals surface area contributed by atoms with Crippen LogP contribution in [0.1, 0.15) is 45.4 Å². The molecule has 0 aliphatic heterocycles. The van der Waals surface area contributed by atoms with E-state index >= 15 is 0 Å². The van der Waals surface area contributed by atoms with Gasteiger partial charge in [0.1, 0.15) is 0 Å². The van der Waals surface area contributed by atoms with Crippen molar-refractivity contribution in [1.29, 1.82) is 0 Å². The van der Waals surface area contributed by atoms with Gasteiger partial charge in [0.2, 0.25) is 5.91 Å². The molecule has 1 aromatic carbocycles. The van der Waals surface area contributed by atoms with Crippen molar-refractivity contribution in [2.24, 2.45) is 23.2 Å². The fraction of sp³-hybridized carbons (Fsp3) is 0.591. The zero-order valence-corrected chi connectivity index (χ0v) is 17.1. The molecule has 4 saturated carbocycles. The van der Waals surface area contributed by atoms with Crippen LogP contribution in [0.5, 0.6) is 0 Å². The Labute approximate surface area is 169 Å². The van der Waals surface area contributed by atoms with Gasteiger partial charge in [0.15, 0.2) is 5.16 Å². The predicted molar refractivity (Wildman–Crippen MR) is 111 cm³/mol. The number of hydrogen-bond acceptors (Lipinski definition) is 4. The third-order valence-corrected chi connectivity index (χ3v) is 8.19. The number of aromatic nitrogens is 2. The molecule has 6 rings (SSSR count). The minimum atomic E-state index is -0.157. The first-order chi connectivity index (χ1) is 13.5. The van der Waals surface area contributed by atoms with E-state index in [0.717, 1.165) is 17.8 Å². The third kappa shape index (κ3) is 3.25. The normalized spacial score (nSPS) is 31.8. The lowest BCUT2D eigenvalue weighted by molar-refractivity contribution is -0.123. The SMILES string of the molecule is CC(NC(=O)CSc1nc2ccccc2c(=O)[nH]1)C12CC3CC(CC(C3)C1)C2. The summed E-state index contributed by atoms with van der Waals surface area (Å²) in [5.41, 5.74) is 0.816. The highest BCUT2D eigenvalue weighted by Crippen LogP contribution is 2.61. The van der Waals surface area contributed by atoms with Crippen molar-refractivity contribution in [2.75, 3.05) is 5.75 Å². The number of benzene rings is 1. The number of nitrogens with zero attached hydrogens (tertiary/aromatic N) is 1. The largest absolute Gasteiger partial charge is 0.352 e. The van der Waals surface area contributed by atoms with Crippen LogP contribution in [0.15, 0.2) is 34.2 Å². The average molecular weight is 398 g/mol. The van der Waals surface area contributed by atoms with Gasteiger partial charge in [-0.1, -0.05) is 23.9 Å². The molecule has 0 saturated heterocycles. The summed E-state index contributed by atoms with van der Waals surface area (Å²) in [5.74, 6) is 2.95. The van der Waals surface area contributed by atoms with Crippen molar-refractivity contribution in [3.8, 4) is 0 Å². The molecular weight excluding hydrogens is 370 g/mol. The number of carbonyl (C=O) groups excluding carboxylic acids is 1. The summed E-state index contributed by atoms with van der Waals surface area (Å²) in [6, 6.07) is 7.49. The minimum Gasteiger partial charge on any atom is -0.352 e. The fourth-order valence-corrected chi connectivity index (χ4v) is 7.09. The molecular formula is C22H27N3O2S. The van der Waals surface area contributed by atoms with Crippen molar-refractivity contribution in [2.45, 2.75) is 56.6 Å². The molecule has 4 fully saturated rings. The van der Waals surface area contributed by atoms with Crippen LogP contribution in [-0.4, -0.2) is 27.7 Å². The van der Waals surface area contributed by atoms with Gasteiger partial charge in [-0.25, -0.2) is 4.98 Å².